The van der Waals surface area contributed by atoms with Gasteiger partial charge >= 0.3 is 0 Å². The van der Waals surface area contributed by atoms with Gasteiger partial charge in [0.05, 0.1) is 16.9 Å². The maximum absolute atomic E-state index is 13.1. The number of carbonyl (C=O) groups is 1. The van der Waals surface area contributed by atoms with Crippen LogP contribution in [-0.4, -0.2) is 5.91 Å². The van der Waals surface area contributed by atoms with Crippen LogP contribution < -0.4 is 11.1 Å². The molecule has 4 nitrogen and oxygen atoms in total. The minimum Gasteiger partial charge on any atom is -0.396 e. The van der Waals surface area contributed by atoms with E-state index in [0.717, 1.165) is 10.5 Å². The maximum atomic E-state index is 13.1. The Morgan fingerprint density at radius 2 is 2.05 bits per heavy atom. The lowest BCUT2D eigenvalue weighted by Gasteiger charge is -2.08. The predicted molar refractivity (Wildman–Crippen MR) is 77.6 cm³/mol. The van der Waals surface area contributed by atoms with Crippen LogP contribution in [0.1, 0.15) is 15.9 Å². The van der Waals surface area contributed by atoms with E-state index in [1.54, 1.807) is 18.2 Å². The van der Waals surface area contributed by atoms with Gasteiger partial charge in [0.1, 0.15) is 11.9 Å². The zero-order chi connectivity index (χ0) is 14.7. The van der Waals surface area contributed by atoms with Crippen molar-refractivity contribution in [1.29, 1.82) is 5.26 Å². The Morgan fingerprint density at radius 3 is 2.70 bits per heavy atom. The Kier molecular flexibility index (Phi) is 4.01. The van der Waals surface area contributed by atoms with Crippen molar-refractivity contribution in [3.63, 3.8) is 0 Å². The second-order valence-corrected chi connectivity index (χ2v) is 4.91. The Labute approximate surface area is 123 Å². The van der Waals surface area contributed by atoms with Gasteiger partial charge in [-0.05, 0) is 36.4 Å². The molecule has 0 fully saturated rings. The van der Waals surface area contributed by atoms with Crippen LogP contribution in [0.5, 0.6) is 0 Å². The molecule has 0 aliphatic heterocycles. The monoisotopic (exact) mass is 333 g/mol. The van der Waals surface area contributed by atoms with Crippen LogP contribution in [0.15, 0.2) is 40.9 Å². The van der Waals surface area contributed by atoms with Crippen molar-refractivity contribution < 1.29 is 9.18 Å². The Morgan fingerprint density at radius 1 is 1.30 bits per heavy atom. The van der Waals surface area contributed by atoms with E-state index in [-0.39, 0.29) is 11.3 Å². The fourth-order valence-electron chi connectivity index (χ4n) is 1.60. The molecule has 0 heterocycles. The fraction of sp³-hybridized carbons (Fsp3) is 0. The molecule has 0 bridgehead atoms. The number of amides is 1. The third-order valence-corrected chi connectivity index (χ3v) is 3.10. The van der Waals surface area contributed by atoms with E-state index in [2.05, 4.69) is 21.2 Å². The van der Waals surface area contributed by atoms with Crippen LogP contribution in [0.25, 0.3) is 0 Å². The first-order valence-corrected chi connectivity index (χ1v) is 6.36. The van der Waals surface area contributed by atoms with Gasteiger partial charge in [-0.1, -0.05) is 15.9 Å². The van der Waals surface area contributed by atoms with Crippen molar-refractivity contribution in [3.8, 4) is 6.07 Å². The molecule has 0 aromatic heterocycles. The first-order valence-electron chi connectivity index (χ1n) is 5.57. The summed E-state index contributed by atoms with van der Waals surface area (Å²) in [7, 11) is 0. The van der Waals surface area contributed by atoms with Gasteiger partial charge in [0.15, 0.2) is 0 Å². The highest BCUT2D eigenvalue weighted by Crippen LogP contribution is 2.22. The highest BCUT2D eigenvalue weighted by atomic mass is 79.9. The highest BCUT2D eigenvalue weighted by Gasteiger charge is 2.11. The zero-order valence-electron chi connectivity index (χ0n) is 10.2. The average Bonchev–Trinajstić information content (AvgIpc) is 2.42. The van der Waals surface area contributed by atoms with Gasteiger partial charge in [-0.2, -0.15) is 5.26 Å². The molecule has 3 N–H and O–H groups in total. The summed E-state index contributed by atoms with van der Waals surface area (Å²) in [6.07, 6.45) is 0. The quantitative estimate of drug-likeness (QED) is 0.827. The summed E-state index contributed by atoms with van der Waals surface area (Å²) in [6.45, 7) is 0. The van der Waals surface area contributed by atoms with Gasteiger partial charge in [0.25, 0.3) is 5.91 Å². The minimum absolute atomic E-state index is 0.104. The van der Waals surface area contributed by atoms with Crippen LogP contribution in [0, 0.1) is 17.1 Å². The van der Waals surface area contributed by atoms with E-state index in [1.165, 1.54) is 12.1 Å². The summed E-state index contributed by atoms with van der Waals surface area (Å²) in [5.74, 6) is -1.05. The number of halogens is 2. The molecule has 0 spiro atoms. The Hall–Kier alpha value is -2.39. The number of nitrogens with one attached hydrogen (secondary N) is 1. The molecule has 0 atom stereocenters. The largest absolute Gasteiger partial charge is 0.396 e. The van der Waals surface area contributed by atoms with Crippen molar-refractivity contribution in [2.45, 2.75) is 0 Å². The molecule has 2 aromatic rings. The molecule has 0 saturated carbocycles. The molecule has 0 unspecified atom stereocenters. The summed E-state index contributed by atoms with van der Waals surface area (Å²) in [5.41, 5.74) is 6.23. The molecule has 0 aliphatic rings. The van der Waals surface area contributed by atoms with Crippen LogP contribution in [0.3, 0.4) is 0 Å². The van der Waals surface area contributed by atoms with E-state index in [9.17, 15) is 9.18 Å². The average molecular weight is 334 g/mol. The normalized spacial score (nSPS) is 9.85. The van der Waals surface area contributed by atoms with Gasteiger partial charge < -0.3 is 11.1 Å². The molecule has 100 valence electrons. The van der Waals surface area contributed by atoms with E-state index in [1.807, 2.05) is 6.07 Å². The number of hydrogen-bond acceptors (Lipinski definition) is 3. The third kappa shape index (κ3) is 2.95. The molecule has 20 heavy (non-hydrogen) atoms. The second kappa shape index (κ2) is 5.72. The first-order chi connectivity index (χ1) is 9.51. The summed E-state index contributed by atoms with van der Waals surface area (Å²) < 4.78 is 13.8. The van der Waals surface area contributed by atoms with Gasteiger partial charge in [-0.25, -0.2) is 4.39 Å². The standard InChI is InChI=1S/C14H9BrFN3O/c15-10-3-1-9(7-17)13(6-10)19-14(20)8-2-4-11(16)12(18)5-8/h1-6H,18H2,(H,19,20). The SMILES string of the molecule is N#Cc1ccc(Br)cc1NC(=O)c1ccc(F)c(N)c1. The fourth-order valence-corrected chi connectivity index (χ4v) is 1.96. The predicted octanol–water partition coefficient (Wildman–Crippen LogP) is 3.29. The topological polar surface area (TPSA) is 78.9 Å². The molecule has 1 amide bonds. The Balaban J connectivity index is 2.30. The van der Waals surface area contributed by atoms with E-state index in [4.69, 9.17) is 11.0 Å². The van der Waals surface area contributed by atoms with Gasteiger partial charge in [0, 0.05) is 10.0 Å². The summed E-state index contributed by atoms with van der Waals surface area (Å²) in [5, 5.41) is 11.6. The number of rotatable bonds is 2. The second-order valence-electron chi connectivity index (χ2n) is 3.99. The molecule has 0 radical (unpaired) electrons. The molecule has 0 aliphatic carbocycles. The molecular weight excluding hydrogens is 325 g/mol. The van der Waals surface area contributed by atoms with Crippen LogP contribution in [0.4, 0.5) is 15.8 Å². The molecule has 0 saturated heterocycles. The number of nitrogen functional groups attached to an aromatic ring is 1. The van der Waals surface area contributed by atoms with Gasteiger partial charge in [-0.3, -0.25) is 4.79 Å². The zero-order valence-corrected chi connectivity index (χ0v) is 11.7. The Bertz CT molecular complexity index is 725. The van der Waals surface area contributed by atoms with Crippen molar-refractivity contribution >= 4 is 33.2 Å². The summed E-state index contributed by atoms with van der Waals surface area (Å²) in [4.78, 5) is 12.0. The molecular formula is C14H9BrFN3O. The number of carbonyl (C=O) groups excluding carboxylic acids is 1. The number of nitrogens with two attached hydrogens (primary N) is 1. The number of anilines is 2. The van der Waals surface area contributed by atoms with Crippen molar-refractivity contribution in [2.24, 2.45) is 0 Å². The van der Waals surface area contributed by atoms with Crippen molar-refractivity contribution in [2.75, 3.05) is 11.1 Å². The van der Waals surface area contributed by atoms with E-state index >= 15 is 0 Å². The van der Waals surface area contributed by atoms with E-state index in [0.29, 0.717) is 11.3 Å². The molecule has 2 rings (SSSR count). The number of nitriles is 1. The van der Waals surface area contributed by atoms with Crippen LogP contribution in [0.2, 0.25) is 0 Å². The van der Waals surface area contributed by atoms with Gasteiger partial charge in [-0.15, -0.1) is 0 Å². The summed E-state index contributed by atoms with van der Waals surface area (Å²) in [6, 6.07) is 10.6. The number of nitrogens with zero attached hydrogens (tertiary/aromatic N) is 1. The van der Waals surface area contributed by atoms with Crippen molar-refractivity contribution in [1.82, 2.24) is 0 Å². The lowest BCUT2D eigenvalue weighted by atomic mass is 10.1. The third-order valence-electron chi connectivity index (χ3n) is 2.61. The highest BCUT2D eigenvalue weighted by molar-refractivity contribution is 9.10. The van der Waals surface area contributed by atoms with Crippen LogP contribution >= 0.6 is 15.9 Å². The number of hydrogen-bond donors (Lipinski definition) is 2. The first kappa shape index (κ1) is 14.0. The summed E-state index contributed by atoms with van der Waals surface area (Å²) >= 11 is 3.26. The van der Waals surface area contributed by atoms with Crippen LogP contribution in [-0.2, 0) is 0 Å². The maximum Gasteiger partial charge on any atom is 0.255 e. The lowest BCUT2D eigenvalue weighted by molar-refractivity contribution is 0.102. The molecule has 2 aromatic carbocycles. The van der Waals surface area contributed by atoms with E-state index < -0.39 is 11.7 Å². The van der Waals surface area contributed by atoms with Gasteiger partial charge in [0.2, 0.25) is 0 Å². The van der Waals surface area contributed by atoms with Crippen molar-refractivity contribution in [3.05, 3.63) is 57.8 Å². The lowest BCUT2D eigenvalue weighted by Crippen LogP contribution is -2.13. The minimum atomic E-state index is -0.582. The smallest absolute Gasteiger partial charge is 0.255 e. The number of benzene rings is 2. The molecule has 6 heteroatoms.